The van der Waals surface area contributed by atoms with E-state index in [1.165, 1.54) is 25.7 Å². The molecule has 0 aromatic rings. The van der Waals surface area contributed by atoms with Crippen molar-refractivity contribution in [1.82, 2.24) is 5.32 Å². The SMILES string of the molecule is OCC1C[C@H]2CC[C@@H](C1)N2. The van der Waals surface area contributed by atoms with Gasteiger partial charge in [0.25, 0.3) is 0 Å². The lowest BCUT2D eigenvalue weighted by Crippen LogP contribution is -2.38. The fourth-order valence-electron chi connectivity index (χ4n) is 2.32. The van der Waals surface area contributed by atoms with Crippen LogP contribution in [0, 0.1) is 5.92 Å². The summed E-state index contributed by atoms with van der Waals surface area (Å²) in [5, 5.41) is 12.5. The molecule has 1 unspecified atom stereocenters. The largest absolute Gasteiger partial charge is 0.396 e. The van der Waals surface area contributed by atoms with Gasteiger partial charge in [-0.05, 0) is 31.6 Å². The van der Waals surface area contributed by atoms with E-state index in [1.807, 2.05) is 0 Å². The molecule has 2 aliphatic rings. The fraction of sp³-hybridized carbons (Fsp3) is 1.00. The molecule has 2 bridgehead atoms. The van der Waals surface area contributed by atoms with Crippen LogP contribution in [0.2, 0.25) is 0 Å². The molecular weight excluding hydrogens is 126 g/mol. The first kappa shape index (κ1) is 6.62. The normalized spacial score (nSPS) is 45.9. The first-order valence-corrected chi connectivity index (χ1v) is 4.25. The van der Waals surface area contributed by atoms with Crippen molar-refractivity contribution in [2.75, 3.05) is 6.61 Å². The number of aliphatic hydroxyl groups is 1. The van der Waals surface area contributed by atoms with Crippen LogP contribution >= 0.6 is 0 Å². The zero-order valence-electron chi connectivity index (χ0n) is 6.21. The maximum atomic E-state index is 8.93. The molecule has 0 amide bonds. The van der Waals surface area contributed by atoms with Gasteiger partial charge in [-0.25, -0.2) is 0 Å². The topological polar surface area (TPSA) is 32.3 Å². The Morgan fingerprint density at radius 2 is 1.80 bits per heavy atom. The molecule has 58 valence electrons. The Kier molecular flexibility index (Phi) is 1.66. The van der Waals surface area contributed by atoms with E-state index in [0.717, 1.165) is 12.1 Å². The standard InChI is InChI=1S/C8H15NO/c10-5-6-3-7-1-2-8(4-6)9-7/h6-10H,1-5H2/t6?,7-,8+. The van der Waals surface area contributed by atoms with Crippen LogP contribution < -0.4 is 5.32 Å². The van der Waals surface area contributed by atoms with Crippen LogP contribution in [0.15, 0.2) is 0 Å². The van der Waals surface area contributed by atoms with E-state index < -0.39 is 0 Å². The van der Waals surface area contributed by atoms with E-state index in [4.69, 9.17) is 5.11 Å². The summed E-state index contributed by atoms with van der Waals surface area (Å²) in [6, 6.07) is 1.46. The minimum Gasteiger partial charge on any atom is -0.396 e. The number of rotatable bonds is 1. The molecule has 2 nitrogen and oxygen atoms in total. The van der Waals surface area contributed by atoms with Gasteiger partial charge in [0, 0.05) is 18.7 Å². The average Bonchev–Trinajstić information content (AvgIpc) is 2.30. The van der Waals surface area contributed by atoms with Gasteiger partial charge in [0.05, 0.1) is 0 Å². The third kappa shape index (κ3) is 1.06. The Labute approximate surface area is 61.6 Å². The Hall–Kier alpha value is -0.0800. The van der Waals surface area contributed by atoms with E-state index in [0.29, 0.717) is 12.5 Å². The summed E-state index contributed by atoms with van der Waals surface area (Å²) in [6.07, 6.45) is 5.07. The number of hydrogen-bond donors (Lipinski definition) is 2. The molecule has 0 radical (unpaired) electrons. The average molecular weight is 141 g/mol. The van der Waals surface area contributed by atoms with Crippen molar-refractivity contribution in [1.29, 1.82) is 0 Å². The molecule has 2 aliphatic heterocycles. The zero-order valence-corrected chi connectivity index (χ0v) is 6.21. The first-order valence-electron chi connectivity index (χ1n) is 4.25. The van der Waals surface area contributed by atoms with Gasteiger partial charge >= 0.3 is 0 Å². The van der Waals surface area contributed by atoms with Crippen LogP contribution in [0.25, 0.3) is 0 Å². The lowest BCUT2D eigenvalue weighted by Gasteiger charge is -2.27. The molecule has 0 spiro atoms. The summed E-state index contributed by atoms with van der Waals surface area (Å²) in [5.74, 6) is 0.596. The summed E-state index contributed by atoms with van der Waals surface area (Å²) in [6.45, 7) is 0.398. The van der Waals surface area contributed by atoms with Crippen LogP contribution in [0.1, 0.15) is 25.7 Å². The highest BCUT2D eigenvalue weighted by atomic mass is 16.3. The first-order chi connectivity index (χ1) is 4.88. The number of fused-ring (bicyclic) bond motifs is 2. The summed E-state index contributed by atoms with van der Waals surface area (Å²) in [5.41, 5.74) is 0. The van der Waals surface area contributed by atoms with Crippen molar-refractivity contribution >= 4 is 0 Å². The van der Waals surface area contributed by atoms with Crippen molar-refractivity contribution in [3.05, 3.63) is 0 Å². The lowest BCUT2D eigenvalue weighted by atomic mass is 9.93. The van der Waals surface area contributed by atoms with Crippen LogP contribution in [-0.4, -0.2) is 23.8 Å². The Balaban J connectivity index is 1.96. The van der Waals surface area contributed by atoms with Crippen molar-refractivity contribution in [3.8, 4) is 0 Å². The van der Waals surface area contributed by atoms with E-state index in [-0.39, 0.29) is 0 Å². The van der Waals surface area contributed by atoms with Gasteiger partial charge in [0.1, 0.15) is 0 Å². The molecule has 0 aromatic carbocycles. The summed E-state index contributed by atoms with van der Waals surface area (Å²) >= 11 is 0. The minimum atomic E-state index is 0.398. The monoisotopic (exact) mass is 141 g/mol. The van der Waals surface area contributed by atoms with E-state index >= 15 is 0 Å². The highest BCUT2D eigenvalue weighted by Gasteiger charge is 2.32. The molecule has 2 heterocycles. The van der Waals surface area contributed by atoms with Gasteiger partial charge in [-0.15, -0.1) is 0 Å². The molecule has 2 heteroatoms. The van der Waals surface area contributed by atoms with E-state index in [2.05, 4.69) is 5.32 Å². The second-order valence-electron chi connectivity index (χ2n) is 3.66. The predicted molar refractivity (Wildman–Crippen MR) is 39.8 cm³/mol. The molecule has 0 aliphatic carbocycles. The maximum Gasteiger partial charge on any atom is 0.0460 e. The number of nitrogens with one attached hydrogen (secondary N) is 1. The quantitative estimate of drug-likeness (QED) is 0.557. The molecule has 10 heavy (non-hydrogen) atoms. The number of piperidine rings is 1. The van der Waals surface area contributed by atoms with Gasteiger partial charge in [0.15, 0.2) is 0 Å². The third-order valence-corrected chi connectivity index (χ3v) is 2.83. The van der Waals surface area contributed by atoms with Gasteiger partial charge in [-0.3, -0.25) is 0 Å². The molecule has 2 N–H and O–H groups in total. The second kappa shape index (κ2) is 2.51. The smallest absolute Gasteiger partial charge is 0.0460 e. The third-order valence-electron chi connectivity index (χ3n) is 2.83. The summed E-state index contributed by atoms with van der Waals surface area (Å²) in [7, 11) is 0. The maximum absolute atomic E-state index is 8.93. The van der Waals surface area contributed by atoms with Gasteiger partial charge < -0.3 is 10.4 Å². The molecule has 2 rings (SSSR count). The van der Waals surface area contributed by atoms with Crippen molar-refractivity contribution < 1.29 is 5.11 Å². The molecule has 2 saturated heterocycles. The number of hydrogen-bond acceptors (Lipinski definition) is 2. The van der Waals surface area contributed by atoms with Crippen LogP contribution in [0.4, 0.5) is 0 Å². The van der Waals surface area contributed by atoms with Gasteiger partial charge in [0.2, 0.25) is 0 Å². The Bertz CT molecular complexity index is 114. The van der Waals surface area contributed by atoms with Crippen molar-refractivity contribution in [2.45, 2.75) is 37.8 Å². The molecular formula is C8H15NO. The second-order valence-corrected chi connectivity index (χ2v) is 3.66. The zero-order chi connectivity index (χ0) is 6.97. The Morgan fingerprint density at radius 3 is 2.30 bits per heavy atom. The van der Waals surface area contributed by atoms with Gasteiger partial charge in [-0.2, -0.15) is 0 Å². The Morgan fingerprint density at radius 1 is 1.20 bits per heavy atom. The summed E-state index contributed by atoms with van der Waals surface area (Å²) in [4.78, 5) is 0. The van der Waals surface area contributed by atoms with E-state index in [1.54, 1.807) is 0 Å². The predicted octanol–water partition coefficient (Wildman–Crippen LogP) is 0.509. The number of aliphatic hydroxyl groups excluding tert-OH is 1. The molecule has 0 saturated carbocycles. The highest BCUT2D eigenvalue weighted by Crippen LogP contribution is 2.30. The van der Waals surface area contributed by atoms with E-state index in [9.17, 15) is 0 Å². The molecule has 3 atom stereocenters. The van der Waals surface area contributed by atoms with Gasteiger partial charge in [-0.1, -0.05) is 0 Å². The fourth-order valence-corrected chi connectivity index (χ4v) is 2.32. The van der Waals surface area contributed by atoms with Crippen LogP contribution in [-0.2, 0) is 0 Å². The highest BCUT2D eigenvalue weighted by molar-refractivity contribution is 4.91. The minimum absolute atomic E-state index is 0.398. The summed E-state index contributed by atoms with van der Waals surface area (Å²) < 4.78 is 0. The van der Waals surface area contributed by atoms with Crippen LogP contribution in [0.3, 0.4) is 0 Å². The van der Waals surface area contributed by atoms with Crippen LogP contribution in [0.5, 0.6) is 0 Å². The van der Waals surface area contributed by atoms with Crippen molar-refractivity contribution in [2.24, 2.45) is 5.92 Å². The molecule has 2 fully saturated rings. The van der Waals surface area contributed by atoms with Crippen molar-refractivity contribution in [3.63, 3.8) is 0 Å². The molecule has 0 aromatic heterocycles. The lowest BCUT2D eigenvalue weighted by molar-refractivity contribution is 0.174.